The minimum Gasteiger partial charge on any atom is -0.411 e. The highest BCUT2D eigenvalue weighted by molar-refractivity contribution is 8.00. The molecule has 0 unspecified atom stereocenters. The molecule has 5 nitrogen and oxygen atoms in total. The lowest BCUT2D eigenvalue weighted by Gasteiger charge is -2.12. The smallest absolute Gasteiger partial charge is 0.277 e. The zero-order valence-electron chi connectivity index (χ0n) is 15.2. The number of carbonyl (C=O) groups is 1. The summed E-state index contributed by atoms with van der Waals surface area (Å²) in [6, 6.07) is 13.8. The molecular formula is C20H21N3O2S. The normalized spacial score (nSPS) is 12.0. The minimum atomic E-state index is -0.360. The molecule has 2 aromatic carbocycles. The van der Waals surface area contributed by atoms with Gasteiger partial charge in [-0.1, -0.05) is 47.7 Å². The first-order valence-corrected chi connectivity index (χ1v) is 9.26. The van der Waals surface area contributed by atoms with Gasteiger partial charge in [0.25, 0.3) is 5.22 Å². The van der Waals surface area contributed by atoms with Crippen LogP contribution < -0.4 is 5.32 Å². The van der Waals surface area contributed by atoms with Gasteiger partial charge in [0.05, 0.1) is 5.25 Å². The Morgan fingerprint density at radius 2 is 1.85 bits per heavy atom. The topological polar surface area (TPSA) is 68.0 Å². The molecule has 0 radical (unpaired) electrons. The monoisotopic (exact) mass is 367 g/mol. The number of nitrogens with zero attached hydrogens (tertiary/aromatic N) is 2. The van der Waals surface area contributed by atoms with Crippen LogP contribution in [0.4, 0.5) is 5.69 Å². The molecule has 26 heavy (non-hydrogen) atoms. The van der Waals surface area contributed by atoms with Gasteiger partial charge in [-0.05, 0) is 51.0 Å². The molecule has 6 heteroatoms. The Hall–Kier alpha value is -2.60. The maximum atomic E-state index is 12.5. The number of benzene rings is 2. The van der Waals surface area contributed by atoms with E-state index < -0.39 is 0 Å². The van der Waals surface area contributed by atoms with Crippen molar-refractivity contribution in [1.82, 2.24) is 10.2 Å². The van der Waals surface area contributed by atoms with Crippen LogP contribution in [0.2, 0.25) is 0 Å². The molecule has 3 rings (SSSR count). The number of anilines is 1. The maximum Gasteiger partial charge on any atom is 0.277 e. The zero-order chi connectivity index (χ0) is 18.7. The van der Waals surface area contributed by atoms with E-state index in [0.29, 0.717) is 11.1 Å². The van der Waals surface area contributed by atoms with Gasteiger partial charge in [0.15, 0.2) is 0 Å². The first kappa shape index (κ1) is 18.2. The molecule has 0 spiro atoms. The van der Waals surface area contributed by atoms with E-state index >= 15 is 0 Å². The van der Waals surface area contributed by atoms with Crippen LogP contribution in [-0.2, 0) is 4.79 Å². The van der Waals surface area contributed by atoms with Gasteiger partial charge >= 0.3 is 0 Å². The fourth-order valence-corrected chi connectivity index (χ4v) is 3.26. The largest absolute Gasteiger partial charge is 0.411 e. The van der Waals surface area contributed by atoms with Crippen molar-refractivity contribution in [3.05, 3.63) is 59.2 Å². The Kier molecular flexibility index (Phi) is 5.42. The fraction of sp³-hybridized carbons (Fsp3) is 0.250. The van der Waals surface area contributed by atoms with Crippen LogP contribution in [0.3, 0.4) is 0 Å². The fourth-order valence-electron chi connectivity index (χ4n) is 2.57. The summed E-state index contributed by atoms with van der Waals surface area (Å²) in [4.78, 5) is 12.5. The Bertz CT molecular complexity index is 936. The lowest BCUT2D eigenvalue weighted by Crippen LogP contribution is -2.22. The molecule has 1 aromatic heterocycles. The molecule has 0 saturated heterocycles. The average molecular weight is 367 g/mol. The Morgan fingerprint density at radius 3 is 2.58 bits per heavy atom. The van der Waals surface area contributed by atoms with Crippen molar-refractivity contribution in [2.24, 2.45) is 0 Å². The number of amides is 1. The number of hydrogen-bond donors (Lipinski definition) is 1. The molecule has 0 bridgehead atoms. The van der Waals surface area contributed by atoms with Gasteiger partial charge < -0.3 is 9.73 Å². The number of hydrogen-bond acceptors (Lipinski definition) is 5. The van der Waals surface area contributed by atoms with E-state index in [2.05, 4.69) is 15.5 Å². The summed E-state index contributed by atoms with van der Waals surface area (Å²) >= 11 is 1.25. The lowest BCUT2D eigenvalue weighted by atomic mass is 10.1. The SMILES string of the molecule is Cc1ccc(NC(=O)[C@@H](C)Sc2nnc(-c3ccccc3C)o2)c(C)c1. The molecule has 0 fully saturated rings. The third-order valence-electron chi connectivity index (χ3n) is 4.07. The van der Waals surface area contributed by atoms with Gasteiger partial charge in [0, 0.05) is 11.3 Å². The first-order chi connectivity index (χ1) is 12.4. The van der Waals surface area contributed by atoms with E-state index in [9.17, 15) is 4.79 Å². The van der Waals surface area contributed by atoms with Gasteiger partial charge in [-0.25, -0.2) is 0 Å². The van der Waals surface area contributed by atoms with Gasteiger partial charge in [-0.2, -0.15) is 0 Å². The highest BCUT2D eigenvalue weighted by Gasteiger charge is 2.19. The highest BCUT2D eigenvalue weighted by atomic mass is 32.2. The average Bonchev–Trinajstić information content (AvgIpc) is 3.06. The molecular weight excluding hydrogens is 346 g/mol. The van der Waals surface area contributed by atoms with Crippen LogP contribution in [0.25, 0.3) is 11.5 Å². The second-order valence-corrected chi connectivity index (χ2v) is 7.55. The Morgan fingerprint density at radius 1 is 1.08 bits per heavy atom. The molecule has 134 valence electrons. The molecule has 1 heterocycles. The summed E-state index contributed by atoms with van der Waals surface area (Å²) in [6.07, 6.45) is 0. The standard InChI is InChI=1S/C20H21N3O2S/c1-12-9-10-17(14(3)11-12)21-18(24)15(4)26-20-23-22-19(25-20)16-8-6-5-7-13(16)2/h5-11,15H,1-4H3,(H,21,24)/t15-/m1/s1. The molecule has 1 atom stereocenters. The number of aromatic nitrogens is 2. The molecule has 1 amide bonds. The van der Waals surface area contributed by atoms with Crippen LogP contribution in [-0.4, -0.2) is 21.4 Å². The summed E-state index contributed by atoms with van der Waals surface area (Å²) in [5.41, 5.74) is 4.99. The van der Waals surface area contributed by atoms with Crippen molar-refractivity contribution in [1.29, 1.82) is 0 Å². The van der Waals surface area contributed by atoms with E-state index in [0.717, 1.165) is 27.9 Å². The van der Waals surface area contributed by atoms with Crippen LogP contribution >= 0.6 is 11.8 Å². The molecule has 0 aliphatic carbocycles. The summed E-state index contributed by atoms with van der Waals surface area (Å²) < 4.78 is 5.72. The van der Waals surface area contributed by atoms with Crippen molar-refractivity contribution in [2.75, 3.05) is 5.32 Å². The van der Waals surface area contributed by atoms with Gasteiger partial charge in [0.1, 0.15) is 0 Å². The number of rotatable bonds is 5. The second kappa shape index (κ2) is 7.74. The number of aryl methyl sites for hydroxylation is 3. The van der Waals surface area contributed by atoms with Crippen LogP contribution in [0.15, 0.2) is 52.1 Å². The van der Waals surface area contributed by atoms with Crippen molar-refractivity contribution in [3.63, 3.8) is 0 Å². The predicted octanol–water partition coefficient (Wildman–Crippen LogP) is 4.78. The number of carbonyl (C=O) groups excluding carboxylic acids is 1. The first-order valence-electron chi connectivity index (χ1n) is 8.38. The Labute approximate surface area is 157 Å². The Balaban J connectivity index is 1.67. The van der Waals surface area contributed by atoms with Gasteiger partial charge in [-0.15, -0.1) is 10.2 Å². The number of thioether (sulfide) groups is 1. The van der Waals surface area contributed by atoms with E-state index in [4.69, 9.17) is 4.42 Å². The van der Waals surface area contributed by atoms with Crippen LogP contribution in [0, 0.1) is 20.8 Å². The third kappa shape index (κ3) is 4.14. The molecule has 1 N–H and O–H groups in total. The maximum absolute atomic E-state index is 12.5. The summed E-state index contributed by atoms with van der Waals surface area (Å²) in [7, 11) is 0. The van der Waals surface area contributed by atoms with Crippen LogP contribution in [0.5, 0.6) is 0 Å². The summed E-state index contributed by atoms with van der Waals surface area (Å²) in [5.74, 6) is 0.366. The van der Waals surface area contributed by atoms with Crippen LogP contribution in [0.1, 0.15) is 23.6 Å². The minimum absolute atomic E-state index is 0.0994. The predicted molar refractivity (Wildman–Crippen MR) is 104 cm³/mol. The van der Waals surface area contributed by atoms with E-state index in [1.807, 2.05) is 70.2 Å². The second-order valence-electron chi connectivity index (χ2n) is 6.26. The molecule has 3 aromatic rings. The van der Waals surface area contributed by atoms with E-state index in [1.54, 1.807) is 0 Å². The van der Waals surface area contributed by atoms with E-state index in [-0.39, 0.29) is 11.2 Å². The number of nitrogens with one attached hydrogen (secondary N) is 1. The quantitative estimate of drug-likeness (QED) is 0.657. The molecule has 0 aliphatic rings. The van der Waals surface area contributed by atoms with Crippen molar-refractivity contribution < 1.29 is 9.21 Å². The zero-order valence-corrected chi connectivity index (χ0v) is 16.1. The third-order valence-corrected chi connectivity index (χ3v) is 5.00. The van der Waals surface area contributed by atoms with Crippen molar-refractivity contribution in [2.45, 2.75) is 38.2 Å². The van der Waals surface area contributed by atoms with Crippen molar-refractivity contribution in [3.8, 4) is 11.5 Å². The molecule has 0 aliphatic heterocycles. The summed E-state index contributed by atoms with van der Waals surface area (Å²) in [6.45, 7) is 7.82. The molecule has 0 saturated carbocycles. The van der Waals surface area contributed by atoms with Gasteiger partial charge in [-0.3, -0.25) is 4.79 Å². The highest BCUT2D eigenvalue weighted by Crippen LogP contribution is 2.28. The van der Waals surface area contributed by atoms with E-state index in [1.165, 1.54) is 11.8 Å². The lowest BCUT2D eigenvalue weighted by molar-refractivity contribution is -0.115. The van der Waals surface area contributed by atoms with Gasteiger partial charge in [0.2, 0.25) is 11.8 Å². The summed E-state index contributed by atoms with van der Waals surface area (Å²) in [5, 5.41) is 11.1. The van der Waals surface area contributed by atoms with Crippen molar-refractivity contribution >= 4 is 23.4 Å².